The molecule has 0 atom stereocenters. The highest BCUT2D eigenvalue weighted by atomic mass is 32.3. The first-order valence-electron chi connectivity index (χ1n) is 10.5. The number of quaternary nitrogens is 1. The van der Waals surface area contributed by atoms with E-state index < -0.39 is 10.4 Å². The lowest BCUT2D eigenvalue weighted by Gasteiger charge is -2.14. The Bertz CT molecular complexity index is 372. The molecule has 0 bridgehead atoms. The molecule has 0 saturated carbocycles. The quantitative estimate of drug-likeness (QED) is 0.209. The van der Waals surface area contributed by atoms with Gasteiger partial charge in [0, 0.05) is 0 Å². The first-order valence-corrected chi connectivity index (χ1v) is 11.8. The summed E-state index contributed by atoms with van der Waals surface area (Å²) in [5.41, 5.74) is 0. The Labute approximate surface area is 164 Å². The molecule has 0 fully saturated rings. The minimum atomic E-state index is -4.24. The molecule has 0 aromatic heterocycles. The molecular weight excluding hydrogens is 350 g/mol. The van der Waals surface area contributed by atoms with E-state index in [-0.39, 0.29) is 6.61 Å². The van der Waals surface area contributed by atoms with Gasteiger partial charge in [0.2, 0.25) is 0 Å². The van der Waals surface area contributed by atoms with Crippen molar-refractivity contribution in [2.45, 2.75) is 96.8 Å². The lowest BCUT2D eigenvalue weighted by molar-refractivity contribution is -0.849. The SMILES string of the molecule is CCCCCCCCCCCCCCCCOS(=O)(=O)O.C[N+](C)(C)C. The summed E-state index contributed by atoms with van der Waals surface area (Å²) < 4.78 is 34.2. The number of hydrogen-bond donors (Lipinski definition) is 1. The van der Waals surface area contributed by atoms with Gasteiger partial charge in [-0.3, -0.25) is 4.55 Å². The van der Waals surface area contributed by atoms with Crippen molar-refractivity contribution in [1.29, 1.82) is 0 Å². The maximum atomic E-state index is 10.3. The molecule has 6 heteroatoms. The Morgan fingerprint density at radius 3 is 1.19 bits per heavy atom. The van der Waals surface area contributed by atoms with Gasteiger partial charge in [0.1, 0.15) is 0 Å². The summed E-state index contributed by atoms with van der Waals surface area (Å²) in [7, 11) is 4.26. The van der Waals surface area contributed by atoms with Crippen molar-refractivity contribution in [2.24, 2.45) is 0 Å². The van der Waals surface area contributed by atoms with Crippen molar-refractivity contribution in [3.63, 3.8) is 0 Å². The van der Waals surface area contributed by atoms with Crippen LogP contribution >= 0.6 is 0 Å². The fourth-order valence-electron chi connectivity index (χ4n) is 2.46. The summed E-state index contributed by atoms with van der Waals surface area (Å²) in [6.07, 6.45) is 17.6. The predicted molar refractivity (Wildman–Crippen MR) is 112 cm³/mol. The van der Waals surface area contributed by atoms with Crippen molar-refractivity contribution in [2.75, 3.05) is 34.8 Å². The van der Waals surface area contributed by atoms with Crippen LogP contribution < -0.4 is 0 Å². The minimum Gasteiger partial charge on any atom is -0.333 e. The maximum Gasteiger partial charge on any atom is 0.397 e. The topological polar surface area (TPSA) is 63.6 Å². The van der Waals surface area contributed by atoms with E-state index in [1.807, 2.05) is 0 Å². The summed E-state index contributed by atoms with van der Waals surface area (Å²) in [5, 5.41) is 0. The van der Waals surface area contributed by atoms with Crippen LogP contribution in [0.5, 0.6) is 0 Å². The van der Waals surface area contributed by atoms with E-state index in [0.717, 1.165) is 17.3 Å². The van der Waals surface area contributed by atoms with Crippen LogP contribution in [0.1, 0.15) is 96.8 Å². The molecule has 0 spiro atoms. The van der Waals surface area contributed by atoms with Crippen molar-refractivity contribution >= 4 is 10.4 Å². The Balaban J connectivity index is 0. The van der Waals surface area contributed by atoms with E-state index in [1.54, 1.807) is 0 Å². The fourth-order valence-corrected chi connectivity index (χ4v) is 2.79. The van der Waals surface area contributed by atoms with Gasteiger partial charge in [-0.2, -0.15) is 8.42 Å². The highest BCUT2D eigenvalue weighted by Gasteiger charge is 2.02. The predicted octanol–water partition coefficient (Wildman–Crippen LogP) is 5.61. The number of rotatable bonds is 16. The lowest BCUT2D eigenvalue weighted by Crippen LogP contribution is -2.27. The van der Waals surface area contributed by atoms with E-state index in [1.165, 1.54) is 70.6 Å². The monoisotopic (exact) mass is 396 g/mol. The summed E-state index contributed by atoms with van der Waals surface area (Å²) in [6.45, 7) is 2.35. The first kappa shape index (κ1) is 28.0. The molecule has 0 heterocycles. The zero-order valence-electron chi connectivity index (χ0n) is 18.1. The van der Waals surface area contributed by atoms with Crippen LogP contribution in [0, 0.1) is 0 Å². The van der Waals surface area contributed by atoms with Crippen LogP contribution in [0.15, 0.2) is 0 Å². The highest BCUT2D eigenvalue weighted by Crippen LogP contribution is 2.12. The molecule has 0 aromatic rings. The third-order valence-corrected chi connectivity index (χ3v) is 4.19. The molecule has 0 aliphatic carbocycles. The highest BCUT2D eigenvalue weighted by molar-refractivity contribution is 7.80. The molecule has 26 heavy (non-hydrogen) atoms. The van der Waals surface area contributed by atoms with E-state index in [4.69, 9.17) is 4.55 Å². The van der Waals surface area contributed by atoms with E-state index in [2.05, 4.69) is 39.3 Å². The van der Waals surface area contributed by atoms with Crippen molar-refractivity contribution < 1.29 is 21.6 Å². The van der Waals surface area contributed by atoms with Crippen LogP contribution in [0.3, 0.4) is 0 Å². The Morgan fingerprint density at radius 1 is 0.654 bits per heavy atom. The Morgan fingerprint density at radius 2 is 0.923 bits per heavy atom. The summed E-state index contributed by atoms with van der Waals surface area (Å²) in [5.74, 6) is 0. The average molecular weight is 397 g/mol. The van der Waals surface area contributed by atoms with Gasteiger partial charge in [-0.1, -0.05) is 90.4 Å². The summed E-state index contributed by atoms with van der Waals surface area (Å²) in [6, 6.07) is 0. The molecule has 160 valence electrons. The van der Waals surface area contributed by atoms with Crippen molar-refractivity contribution in [3.8, 4) is 0 Å². The van der Waals surface area contributed by atoms with Gasteiger partial charge in [-0.05, 0) is 6.42 Å². The van der Waals surface area contributed by atoms with Crippen LogP contribution in [0.4, 0.5) is 0 Å². The number of unbranched alkanes of at least 4 members (excludes halogenated alkanes) is 13. The number of nitrogens with zero attached hydrogens (tertiary/aromatic N) is 1. The Hall–Kier alpha value is -0.170. The molecule has 0 radical (unpaired) electrons. The molecule has 0 unspecified atom stereocenters. The largest absolute Gasteiger partial charge is 0.397 e. The molecular formula is C20H46NO4S+. The molecule has 0 aromatic carbocycles. The molecule has 0 amide bonds. The van der Waals surface area contributed by atoms with Crippen molar-refractivity contribution in [1.82, 2.24) is 0 Å². The maximum absolute atomic E-state index is 10.3. The van der Waals surface area contributed by atoms with Crippen LogP contribution in [-0.4, -0.2) is 52.3 Å². The summed E-state index contributed by atoms with van der Waals surface area (Å²) >= 11 is 0. The third-order valence-electron chi connectivity index (χ3n) is 3.73. The molecule has 0 aliphatic heterocycles. The van der Waals surface area contributed by atoms with E-state index in [0.29, 0.717) is 6.42 Å². The standard InChI is InChI=1S/C16H34O4S.C4H12N/c1-2-3-4-5-6-7-8-9-10-11-12-13-14-15-16-20-21(17,18)19;1-5(2,3)4/h2-16H2,1H3,(H,17,18,19);1-4H3/q;+1. The first-order chi connectivity index (χ1) is 12.1. The van der Waals surface area contributed by atoms with Crippen LogP contribution in [0.25, 0.3) is 0 Å². The second kappa shape index (κ2) is 18.2. The molecule has 0 saturated heterocycles. The van der Waals surface area contributed by atoms with Gasteiger partial charge in [0.25, 0.3) is 0 Å². The fraction of sp³-hybridized carbons (Fsp3) is 1.00. The normalized spacial score (nSPS) is 11.9. The zero-order valence-corrected chi connectivity index (χ0v) is 19.0. The molecule has 1 N–H and O–H groups in total. The zero-order chi connectivity index (χ0) is 20.3. The second-order valence-electron chi connectivity index (χ2n) is 8.53. The van der Waals surface area contributed by atoms with Crippen LogP contribution in [0.2, 0.25) is 0 Å². The third kappa shape index (κ3) is 39.1. The van der Waals surface area contributed by atoms with E-state index >= 15 is 0 Å². The van der Waals surface area contributed by atoms with Crippen LogP contribution in [-0.2, 0) is 14.6 Å². The lowest BCUT2D eigenvalue weighted by atomic mass is 10.0. The van der Waals surface area contributed by atoms with Gasteiger partial charge in [0.15, 0.2) is 0 Å². The van der Waals surface area contributed by atoms with Gasteiger partial charge >= 0.3 is 10.4 Å². The second-order valence-corrected chi connectivity index (χ2v) is 9.62. The van der Waals surface area contributed by atoms with Gasteiger partial charge in [0.05, 0.1) is 34.8 Å². The molecule has 0 aliphatic rings. The number of hydrogen-bond acceptors (Lipinski definition) is 3. The van der Waals surface area contributed by atoms with Gasteiger partial charge < -0.3 is 4.48 Å². The minimum absolute atomic E-state index is 0.0941. The molecule has 0 rings (SSSR count). The molecule has 5 nitrogen and oxygen atoms in total. The van der Waals surface area contributed by atoms with E-state index in [9.17, 15) is 8.42 Å². The summed E-state index contributed by atoms with van der Waals surface area (Å²) in [4.78, 5) is 0. The smallest absolute Gasteiger partial charge is 0.333 e. The van der Waals surface area contributed by atoms with Crippen molar-refractivity contribution in [3.05, 3.63) is 0 Å². The average Bonchev–Trinajstić information content (AvgIpc) is 2.48. The van der Waals surface area contributed by atoms with Gasteiger partial charge in [-0.15, -0.1) is 0 Å². The Kier molecular flexibility index (Phi) is 19.6. The van der Waals surface area contributed by atoms with Gasteiger partial charge in [-0.25, -0.2) is 4.18 Å².